The molecule has 124 valence electrons. The Labute approximate surface area is 150 Å². The van der Waals surface area contributed by atoms with Crippen molar-refractivity contribution in [1.82, 2.24) is 4.90 Å². The van der Waals surface area contributed by atoms with Gasteiger partial charge in [-0.1, -0.05) is 53.5 Å². The highest BCUT2D eigenvalue weighted by Crippen LogP contribution is 2.27. The standard InChI is InChI=1S/C18H16Cl2N2O2/c19-14-6-7-15(20)16(9-14)21-18(24)13-8-17(23)22(11-13)10-12-4-2-1-3-5-12/h1-7,9,13H,8,10-11H2,(H,21,24)/t13-/m0/s1. The maximum atomic E-state index is 12.4. The first kappa shape index (κ1) is 16.8. The zero-order valence-corrected chi connectivity index (χ0v) is 14.3. The minimum absolute atomic E-state index is 0.0174. The minimum atomic E-state index is -0.392. The van der Waals surface area contributed by atoms with Gasteiger partial charge in [0.2, 0.25) is 11.8 Å². The van der Waals surface area contributed by atoms with Crippen LogP contribution < -0.4 is 5.32 Å². The molecule has 0 saturated carbocycles. The van der Waals surface area contributed by atoms with Crippen LogP contribution >= 0.6 is 23.2 Å². The molecule has 1 atom stereocenters. The predicted molar refractivity (Wildman–Crippen MR) is 95.1 cm³/mol. The first-order chi connectivity index (χ1) is 11.5. The van der Waals surface area contributed by atoms with E-state index >= 15 is 0 Å². The largest absolute Gasteiger partial charge is 0.338 e. The Hall–Kier alpha value is -2.04. The monoisotopic (exact) mass is 362 g/mol. The summed E-state index contributed by atoms with van der Waals surface area (Å²) in [6.07, 6.45) is 0.205. The van der Waals surface area contributed by atoms with E-state index in [1.54, 1.807) is 23.1 Å². The molecule has 1 aliphatic heterocycles. The number of benzene rings is 2. The van der Waals surface area contributed by atoms with E-state index in [4.69, 9.17) is 23.2 Å². The second kappa shape index (κ2) is 7.24. The fourth-order valence-corrected chi connectivity index (χ4v) is 3.07. The summed E-state index contributed by atoms with van der Waals surface area (Å²) in [5.74, 6) is -0.629. The number of amides is 2. The van der Waals surface area contributed by atoms with Crippen molar-refractivity contribution in [3.05, 3.63) is 64.1 Å². The third-order valence-corrected chi connectivity index (χ3v) is 4.55. The Bertz CT molecular complexity index is 765. The Kier molecular flexibility index (Phi) is 5.07. The second-order valence-corrected chi connectivity index (χ2v) is 6.62. The van der Waals surface area contributed by atoms with Gasteiger partial charge >= 0.3 is 0 Å². The molecule has 2 aromatic rings. The maximum absolute atomic E-state index is 12.4. The summed E-state index contributed by atoms with van der Waals surface area (Å²) in [7, 11) is 0. The van der Waals surface area contributed by atoms with E-state index < -0.39 is 5.92 Å². The summed E-state index contributed by atoms with van der Waals surface area (Å²) in [6, 6.07) is 14.6. The topological polar surface area (TPSA) is 49.4 Å². The van der Waals surface area contributed by atoms with E-state index in [2.05, 4.69) is 5.32 Å². The molecule has 0 unspecified atom stereocenters. The van der Waals surface area contributed by atoms with Gasteiger partial charge in [0.1, 0.15) is 0 Å². The number of carbonyl (C=O) groups excluding carboxylic acids is 2. The molecule has 0 aromatic heterocycles. The molecule has 1 aliphatic rings. The second-order valence-electron chi connectivity index (χ2n) is 5.77. The van der Waals surface area contributed by atoms with Crippen molar-refractivity contribution in [3.63, 3.8) is 0 Å². The van der Waals surface area contributed by atoms with Crippen LogP contribution in [0.2, 0.25) is 10.0 Å². The molecule has 0 bridgehead atoms. The molecule has 2 amide bonds. The molecule has 4 nitrogen and oxygen atoms in total. The predicted octanol–water partition coefficient (Wildman–Crippen LogP) is 3.98. The molecule has 1 fully saturated rings. The highest BCUT2D eigenvalue weighted by Gasteiger charge is 2.34. The average molecular weight is 363 g/mol. The lowest BCUT2D eigenvalue weighted by molar-refractivity contribution is -0.128. The highest BCUT2D eigenvalue weighted by molar-refractivity contribution is 6.35. The number of halogens is 2. The van der Waals surface area contributed by atoms with Gasteiger partial charge in [-0.3, -0.25) is 9.59 Å². The number of rotatable bonds is 4. The fourth-order valence-electron chi connectivity index (χ4n) is 2.73. The third kappa shape index (κ3) is 3.89. The zero-order chi connectivity index (χ0) is 17.1. The Morgan fingerprint density at radius 2 is 1.92 bits per heavy atom. The quantitative estimate of drug-likeness (QED) is 0.893. The number of nitrogens with zero attached hydrogens (tertiary/aromatic N) is 1. The lowest BCUT2D eigenvalue weighted by Gasteiger charge is -2.17. The van der Waals surface area contributed by atoms with E-state index in [0.717, 1.165) is 5.56 Å². The van der Waals surface area contributed by atoms with Gasteiger partial charge in [-0.15, -0.1) is 0 Å². The molecular weight excluding hydrogens is 347 g/mol. The summed E-state index contributed by atoms with van der Waals surface area (Å²) >= 11 is 12.0. The first-order valence-corrected chi connectivity index (χ1v) is 8.36. The Morgan fingerprint density at radius 3 is 2.67 bits per heavy atom. The molecule has 1 N–H and O–H groups in total. The van der Waals surface area contributed by atoms with Crippen LogP contribution in [0.15, 0.2) is 48.5 Å². The van der Waals surface area contributed by atoms with E-state index in [1.165, 1.54) is 0 Å². The van der Waals surface area contributed by atoms with Gasteiger partial charge in [0, 0.05) is 24.5 Å². The van der Waals surface area contributed by atoms with E-state index in [0.29, 0.717) is 28.8 Å². The van der Waals surface area contributed by atoms with Crippen LogP contribution in [0.1, 0.15) is 12.0 Å². The van der Waals surface area contributed by atoms with Crippen LogP contribution in [-0.2, 0) is 16.1 Å². The van der Waals surface area contributed by atoms with Gasteiger partial charge in [0.25, 0.3) is 0 Å². The molecule has 24 heavy (non-hydrogen) atoms. The van der Waals surface area contributed by atoms with Crippen LogP contribution in [0.25, 0.3) is 0 Å². The van der Waals surface area contributed by atoms with Crippen LogP contribution in [-0.4, -0.2) is 23.3 Å². The van der Waals surface area contributed by atoms with Crippen molar-refractivity contribution in [1.29, 1.82) is 0 Å². The summed E-state index contributed by atoms with van der Waals surface area (Å²) < 4.78 is 0. The van der Waals surface area contributed by atoms with E-state index in [-0.39, 0.29) is 18.2 Å². The lowest BCUT2D eigenvalue weighted by Crippen LogP contribution is -2.28. The molecule has 0 aliphatic carbocycles. The number of hydrogen-bond acceptors (Lipinski definition) is 2. The van der Waals surface area contributed by atoms with Crippen molar-refractivity contribution in [2.24, 2.45) is 5.92 Å². The van der Waals surface area contributed by atoms with Crippen molar-refractivity contribution >= 4 is 40.7 Å². The summed E-state index contributed by atoms with van der Waals surface area (Å²) in [4.78, 5) is 26.3. The molecule has 0 spiro atoms. The first-order valence-electron chi connectivity index (χ1n) is 7.60. The van der Waals surface area contributed by atoms with Gasteiger partial charge in [0.05, 0.1) is 16.6 Å². The lowest BCUT2D eigenvalue weighted by atomic mass is 10.1. The Balaban J connectivity index is 1.64. The molecule has 1 saturated heterocycles. The van der Waals surface area contributed by atoms with Crippen LogP contribution in [0, 0.1) is 5.92 Å². The van der Waals surface area contributed by atoms with Crippen molar-refractivity contribution in [2.75, 3.05) is 11.9 Å². The number of hydrogen-bond donors (Lipinski definition) is 1. The molecular formula is C18H16Cl2N2O2. The minimum Gasteiger partial charge on any atom is -0.338 e. The maximum Gasteiger partial charge on any atom is 0.229 e. The Morgan fingerprint density at radius 1 is 1.17 bits per heavy atom. The summed E-state index contributed by atoms with van der Waals surface area (Å²) in [5, 5.41) is 3.67. The third-order valence-electron chi connectivity index (χ3n) is 3.99. The zero-order valence-electron chi connectivity index (χ0n) is 12.8. The number of nitrogens with one attached hydrogen (secondary N) is 1. The van der Waals surface area contributed by atoms with Gasteiger partial charge in [-0.2, -0.15) is 0 Å². The SMILES string of the molecule is O=C(Nc1cc(Cl)ccc1Cl)[C@H]1CC(=O)N(Cc2ccccc2)C1. The smallest absolute Gasteiger partial charge is 0.229 e. The molecule has 6 heteroatoms. The van der Waals surface area contributed by atoms with Crippen LogP contribution in [0.3, 0.4) is 0 Å². The van der Waals surface area contributed by atoms with E-state index in [9.17, 15) is 9.59 Å². The molecule has 2 aromatic carbocycles. The molecule has 1 heterocycles. The summed E-state index contributed by atoms with van der Waals surface area (Å²) in [5.41, 5.74) is 1.51. The van der Waals surface area contributed by atoms with Gasteiger partial charge < -0.3 is 10.2 Å². The van der Waals surface area contributed by atoms with Crippen molar-refractivity contribution in [2.45, 2.75) is 13.0 Å². The fraction of sp³-hybridized carbons (Fsp3) is 0.222. The normalized spacial score (nSPS) is 17.2. The molecule has 3 rings (SSSR count). The van der Waals surface area contributed by atoms with Crippen molar-refractivity contribution < 1.29 is 9.59 Å². The molecule has 0 radical (unpaired) electrons. The number of likely N-dealkylation sites (tertiary alicyclic amines) is 1. The van der Waals surface area contributed by atoms with Gasteiger partial charge in [0.15, 0.2) is 0 Å². The van der Waals surface area contributed by atoms with E-state index in [1.807, 2.05) is 30.3 Å². The van der Waals surface area contributed by atoms with Gasteiger partial charge in [-0.25, -0.2) is 0 Å². The van der Waals surface area contributed by atoms with Crippen LogP contribution in [0.5, 0.6) is 0 Å². The van der Waals surface area contributed by atoms with Gasteiger partial charge in [-0.05, 0) is 23.8 Å². The average Bonchev–Trinajstić information content (AvgIpc) is 2.93. The van der Waals surface area contributed by atoms with Crippen LogP contribution in [0.4, 0.5) is 5.69 Å². The highest BCUT2D eigenvalue weighted by atomic mass is 35.5. The van der Waals surface area contributed by atoms with Crippen molar-refractivity contribution in [3.8, 4) is 0 Å². The number of anilines is 1. The summed E-state index contributed by atoms with van der Waals surface area (Å²) in [6.45, 7) is 0.916. The number of carbonyl (C=O) groups is 2.